The lowest BCUT2D eigenvalue weighted by Gasteiger charge is -2.47. The number of rotatable bonds is 3. The van der Waals surface area contributed by atoms with E-state index in [2.05, 4.69) is 67.1 Å². The minimum Gasteiger partial charge on any atom is -0.497 e. The summed E-state index contributed by atoms with van der Waals surface area (Å²) in [7, 11) is 1.72. The van der Waals surface area contributed by atoms with E-state index in [0.29, 0.717) is 0 Å². The third-order valence-corrected chi connectivity index (χ3v) is 6.44. The van der Waals surface area contributed by atoms with Crippen LogP contribution in [-0.4, -0.2) is 24.4 Å². The smallest absolute Gasteiger partial charge is 0.212 e. The van der Waals surface area contributed by atoms with E-state index in [-0.39, 0.29) is 5.41 Å². The molecule has 0 aliphatic carbocycles. The fraction of sp³-hybridized carbons (Fsp3) is 0.320. The van der Waals surface area contributed by atoms with Gasteiger partial charge in [0.25, 0.3) is 0 Å². The Morgan fingerprint density at radius 1 is 1.14 bits per heavy atom. The first-order chi connectivity index (χ1) is 14.0. The van der Waals surface area contributed by atoms with Crippen molar-refractivity contribution in [3.05, 3.63) is 65.9 Å². The van der Waals surface area contributed by atoms with Crippen molar-refractivity contribution in [1.29, 1.82) is 0 Å². The van der Waals surface area contributed by atoms with Crippen LogP contribution in [0.3, 0.4) is 0 Å². The SMILES string of the molecule is CCCN1c2ccc(OC)cc2C(C)(C)C12C=Cc1c(ccc3ncccc13)O2. The van der Waals surface area contributed by atoms with E-state index in [1.54, 1.807) is 7.11 Å². The molecular formula is C25H26N2O2. The quantitative estimate of drug-likeness (QED) is 0.591. The van der Waals surface area contributed by atoms with E-state index in [0.717, 1.165) is 40.9 Å². The summed E-state index contributed by atoms with van der Waals surface area (Å²) in [5, 5.41) is 1.12. The molecular weight excluding hydrogens is 360 g/mol. The fourth-order valence-corrected chi connectivity index (χ4v) is 4.89. The highest BCUT2D eigenvalue weighted by molar-refractivity contribution is 5.92. The number of anilines is 1. The maximum Gasteiger partial charge on any atom is 0.212 e. The van der Waals surface area contributed by atoms with Crippen LogP contribution >= 0.6 is 0 Å². The molecule has 1 spiro atoms. The molecule has 1 aromatic heterocycles. The highest BCUT2D eigenvalue weighted by Crippen LogP contribution is 2.56. The Labute approximate surface area is 171 Å². The molecule has 4 nitrogen and oxygen atoms in total. The molecule has 0 fully saturated rings. The molecule has 0 bridgehead atoms. The molecule has 2 aliphatic rings. The molecule has 0 N–H and O–H groups in total. The summed E-state index contributed by atoms with van der Waals surface area (Å²) in [6.07, 6.45) is 7.33. The Hall–Kier alpha value is -3.01. The molecule has 1 unspecified atom stereocenters. The molecule has 0 saturated heterocycles. The predicted molar refractivity (Wildman–Crippen MR) is 118 cm³/mol. The van der Waals surface area contributed by atoms with Crippen LogP contribution in [0.5, 0.6) is 11.5 Å². The van der Waals surface area contributed by atoms with Crippen LogP contribution < -0.4 is 14.4 Å². The fourth-order valence-electron chi connectivity index (χ4n) is 4.89. The van der Waals surface area contributed by atoms with Crippen LogP contribution in [0.25, 0.3) is 17.0 Å². The van der Waals surface area contributed by atoms with Gasteiger partial charge in [-0.25, -0.2) is 0 Å². The second-order valence-corrected chi connectivity index (χ2v) is 8.34. The van der Waals surface area contributed by atoms with Crippen molar-refractivity contribution in [2.75, 3.05) is 18.6 Å². The lowest BCUT2D eigenvalue weighted by Crippen LogP contribution is -2.59. The second-order valence-electron chi connectivity index (χ2n) is 8.34. The van der Waals surface area contributed by atoms with Gasteiger partial charge in [0.2, 0.25) is 5.72 Å². The van der Waals surface area contributed by atoms with Crippen LogP contribution in [0, 0.1) is 0 Å². The van der Waals surface area contributed by atoms with E-state index >= 15 is 0 Å². The zero-order chi connectivity index (χ0) is 20.2. The van der Waals surface area contributed by atoms with Gasteiger partial charge in [-0.3, -0.25) is 4.98 Å². The van der Waals surface area contributed by atoms with E-state index in [1.165, 1.54) is 11.3 Å². The van der Waals surface area contributed by atoms with Gasteiger partial charge in [-0.15, -0.1) is 0 Å². The molecule has 4 heteroatoms. The van der Waals surface area contributed by atoms with Crippen LogP contribution in [0.4, 0.5) is 5.69 Å². The number of methoxy groups -OCH3 is 1. The Morgan fingerprint density at radius 2 is 2.00 bits per heavy atom. The van der Waals surface area contributed by atoms with Gasteiger partial charge in [0, 0.05) is 29.4 Å². The van der Waals surface area contributed by atoms with Crippen molar-refractivity contribution in [2.45, 2.75) is 38.3 Å². The van der Waals surface area contributed by atoms with Gasteiger partial charge in [-0.1, -0.05) is 13.0 Å². The van der Waals surface area contributed by atoms with Crippen LogP contribution in [0.15, 0.2) is 54.7 Å². The Morgan fingerprint density at radius 3 is 2.79 bits per heavy atom. The topological polar surface area (TPSA) is 34.6 Å². The number of aromatic nitrogens is 1. The standard InChI is InChI=1S/C25H26N2O2/c1-5-15-27-22-10-8-17(28-4)16-20(22)24(2,3)25(27)13-12-19-18-7-6-14-26-21(18)9-11-23(19)29-25/h6-14,16H,5,15H2,1-4H3. The number of nitrogens with zero attached hydrogens (tertiary/aromatic N) is 2. The van der Waals surface area contributed by atoms with Crippen molar-refractivity contribution in [3.63, 3.8) is 0 Å². The van der Waals surface area contributed by atoms with Gasteiger partial charge in [-0.2, -0.15) is 0 Å². The summed E-state index contributed by atoms with van der Waals surface area (Å²) in [5.74, 6) is 1.78. The van der Waals surface area contributed by atoms with Gasteiger partial charge >= 0.3 is 0 Å². The minimum atomic E-state index is -0.583. The summed E-state index contributed by atoms with van der Waals surface area (Å²) in [6.45, 7) is 7.65. The molecule has 2 aromatic carbocycles. The molecule has 0 saturated carbocycles. The van der Waals surface area contributed by atoms with Crippen LogP contribution in [-0.2, 0) is 5.41 Å². The van der Waals surface area contributed by atoms with Crippen molar-refractivity contribution >= 4 is 22.7 Å². The van der Waals surface area contributed by atoms with Crippen LogP contribution in [0.2, 0.25) is 0 Å². The lowest BCUT2D eigenvalue weighted by molar-refractivity contribution is 0.0536. The lowest BCUT2D eigenvalue weighted by atomic mass is 9.76. The monoisotopic (exact) mass is 386 g/mol. The van der Waals surface area contributed by atoms with Crippen molar-refractivity contribution < 1.29 is 9.47 Å². The third kappa shape index (κ3) is 2.35. The highest BCUT2D eigenvalue weighted by atomic mass is 16.5. The first kappa shape index (κ1) is 18.0. The average molecular weight is 386 g/mol. The zero-order valence-corrected chi connectivity index (χ0v) is 17.4. The molecule has 3 aromatic rings. The number of hydrogen-bond donors (Lipinski definition) is 0. The molecule has 29 heavy (non-hydrogen) atoms. The molecule has 0 radical (unpaired) electrons. The molecule has 0 amide bonds. The molecule has 2 aliphatic heterocycles. The van der Waals surface area contributed by atoms with Gasteiger partial charge in [-0.05, 0) is 74.4 Å². The van der Waals surface area contributed by atoms with Gasteiger partial charge in [0.15, 0.2) is 0 Å². The number of hydrogen-bond acceptors (Lipinski definition) is 4. The Balaban J connectivity index is 1.70. The zero-order valence-electron chi connectivity index (χ0n) is 17.4. The average Bonchev–Trinajstić information content (AvgIpc) is 2.92. The first-order valence-corrected chi connectivity index (χ1v) is 10.2. The summed E-state index contributed by atoms with van der Waals surface area (Å²) >= 11 is 0. The molecule has 148 valence electrons. The normalized spacial score (nSPS) is 21.2. The number of benzene rings is 2. The number of pyridine rings is 1. The number of ether oxygens (including phenoxy) is 2. The van der Waals surface area contributed by atoms with Crippen molar-refractivity contribution in [2.24, 2.45) is 0 Å². The van der Waals surface area contributed by atoms with E-state index < -0.39 is 5.72 Å². The van der Waals surface area contributed by atoms with Crippen LogP contribution in [0.1, 0.15) is 38.3 Å². The maximum absolute atomic E-state index is 6.90. The van der Waals surface area contributed by atoms with E-state index in [9.17, 15) is 0 Å². The Bertz CT molecular complexity index is 1130. The summed E-state index contributed by atoms with van der Waals surface area (Å²) < 4.78 is 12.4. The maximum atomic E-state index is 6.90. The van der Waals surface area contributed by atoms with Gasteiger partial charge in [0.05, 0.1) is 18.0 Å². The largest absolute Gasteiger partial charge is 0.497 e. The third-order valence-electron chi connectivity index (χ3n) is 6.44. The molecule has 3 heterocycles. The molecule has 5 rings (SSSR count). The van der Waals surface area contributed by atoms with Gasteiger partial charge < -0.3 is 14.4 Å². The summed E-state index contributed by atoms with van der Waals surface area (Å²) in [6, 6.07) is 14.5. The Kier molecular flexibility index (Phi) is 3.89. The first-order valence-electron chi connectivity index (χ1n) is 10.2. The highest BCUT2D eigenvalue weighted by Gasteiger charge is 2.58. The van der Waals surface area contributed by atoms with E-state index in [1.807, 2.05) is 24.4 Å². The number of fused-ring (bicyclic) bond motifs is 4. The molecule has 1 atom stereocenters. The van der Waals surface area contributed by atoms with Crippen molar-refractivity contribution in [1.82, 2.24) is 4.98 Å². The minimum absolute atomic E-state index is 0.260. The summed E-state index contributed by atoms with van der Waals surface area (Å²) in [5.41, 5.74) is 3.71. The predicted octanol–water partition coefficient (Wildman–Crippen LogP) is 5.55. The van der Waals surface area contributed by atoms with Crippen molar-refractivity contribution in [3.8, 4) is 11.5 Å². The second kappa shape index (κ2) is 6.24. The van der Waals surface area contributed by atoms with Gasteiger partial charge in [0.1, 0.15) is 11.5 Å². The summed E-state index contributed by atoms with van der Waals surface area (Å²) in [4.78, 5) is 6.90. The van der Waals surface area contributed by atoms with E-state index in [4.69, 9.17) is 9.47 Å².